The number of methoxy groups -OCH3 is 1. The lowest BCUT2D eigenvalue weighted by Gasteiger charge is -2.10. The quantitative estimate of drug-likeness (QED) is 0.836. The molecule has 0 unspecified atom stereocenters. The van der Waals surface area contributed by atoms with Crippen LogP contribution in [0.4, 0.5) is 4.39 Å². The summed E-state index contributed by atoms with van der Waals surface area (Å²) in [6.45, 7) is 2.02. The molecular weight excluding hydrogens is 329 g/mol. The van der Waals surface area contributed by atoms with Crippen molar-refractivity contribution in [1.29, 1.82) is 0 Å². The first-order chi connectivity index (χ1) is 11.5. The molecule has 0 aliphatic heterocycles. The van der Waals surface area contributed by atoms with Gasteiger partial charge in [0.1, 0.15) is 17.3 Å². The van der Waals surface area contributed by atoms with Gasteiger partial charge in [-0.15, -0.1) is 0 Å². The van der Waals surface area contributed by atoms with E-state index >= 15 is 0 Å². The fraction of sp³-hybridized carbons (Fsp3) is 0.278. The first kappa shape index (κ1) is 18.1. The summed E-state index contributed by atoms with van der Waals surface area (Å²) in [5, 5.41) is 2.59. The number of carbonyl (C=O) groups is 1. The van der Waals surface area contributed by atoms with Crippen LogP contribution in [0.1, 0.15) is 16.7 Å². The summed E-state index contributed by atoms with van der Waals surface area (Å²) in [6.07, 6.45) is 0. The summed E-state index contributed by atoms with van der Waals surface area (Å²) in [5.41, 5.74) is 2.24. The molecule has 0 saturated carbocycles. The van der Waals surface area contributed by atoms with Crippen molar-refractivity contribution in [3.63, 3.8) is 0 Å². The maximum atomic E-state index is 13.5. The van der Waals surface area contributed by atoms with E-state index in [0.717, 1.165) is 11.1 Å². The molecule has 24 heavy (non-hydrogen) atoms. The van der Waals surface area contributed by atoms with Crippen LogP contribution < -0.4 is 10.1 Å². The minimum atomic E-state index is -1.37. The second-order valence-electron chi connectivity index (χ2n) is 5.41. The lowest BCUT2D eigenvalue weighted by Crippen LogP contribution is -2.28. The summed E-state index contributed by atoms with van der Waals surface area (Å²) in [7, 11) is 0.184. The largest absolute Gasteiger partial charge is 0.496 e. The molecule has 0 aliphatic carbocycles. The van der Waals surface area contributed by atoms with Gasteiger partial charge in [-0.3, -0.25) is 9.00 Å². The Morgan fingerprint density at radius 3 is 2.67 bits per heavy atom. The van der Waals surface area contributed by atoms with Crippen LogP contribution in [-0.2, 0) is 27.9 Å². The number of nitrogens with one attached hydrogen (secondary N) is 1. The molecule has 0 radical (unpaired) electrons. The highest BCUT2D eigenvalue weighted by atomic mass is 32.2. The van der Waals surface area contributed by atoms with Gasteiger partial charge in [-0.1, -0.05) is 35.9 Å². The molecule has 1 amide bonds. The summed E-state index contributed by atoms with van der Waals surface area (Å²) in [6, 6.07) is 11.9. The maximum Gasteiger partial charge on any atom is 0.232 e. The molecular formula is C18H20FNO3S. The van der Waals surface area contributed by atoms with Crippen LogP contribution in [0.3, 0.4) is 0 Å². The van der Waals surface area contributed by atoms with Crippen molar-refractivity contribution in [3.8, 4) is 5.75 Å². The molecule has 1 atom stereocenters. The van der Waals surface area contributed by atoms with Gasteiger partial charge in [-0.2, -0.15) is 0 Å². The zero-order chi connectivity index (χ0) is 17.5. The van der Waals surface area contributed by atoms with Crippen molar-refractivity contribution >= 4 is 16.7 Å². The van der Waals surface area contributed by atoms with Gasteiger partial charge in [0.15, 0.2) is 0 Å². The van der Waals surface area contributed by atoms with Gasteiger partial charge < -0.3 is 10.1 Å². The molecule has 0 heterocycles. The van der Waals surface area contributed by atoms with Crippen molar-refractivity contribution < 1.29 is 18.1 Å². The Morgan fingerprint density at radius 1 is 1.21 bits per heavy atom. The van der Waals surface area contributed by atoms with Crippen molar-refractivity contribution in [2.45, 2.75) is 19.2 Å². The highest BCUT2D eigenvalue weighted by Crippen LogP contribution is 2.21. The number of hydrogen-bond acceptors (Lipinski definition) is 3. The first-order valence-corrected chi connectivity index (χ1v) is 8.97. The minimum absolute atomic E-state index is 0.0798. The van der Waals surface area contributed by atoms with Crippen LogP contribution in [0, 0.1) is 12.7 Å². The van der Waals surface area contributed by atoms with E-state index in [1.54, 1.807) is 25.3 Å². The van der Waals surface area contributed by atoms with E-state index in [-0.39, 0.29) is 29.8 Å². The van der Waals surface area contributed by atoms with Crippen molar-refractivity contribution in [2.75, 3.05) is 12.9 Å². The Labute approximate surface area is 143 Å². The topological polar surface area (TPSA) is 55.4 Å². The van der Waals surface area contributed by atoms with Gasteiger partial charge in [0.2, 0.25) is 5.91 Å². The van der Waals surface area contributed by atoms with Crippen molar-refractivity contribution in [2.24, 2.45) is 0 Å². The first-order valence-electron chi connectivity index (χ1n) is 7.48. The second-order valence-corrected chi connectivity index (χ2v) is 6.87. The van der Waals surface area contributed by atoms with Gasteiger partial charge in [0.25, 0.3) is 0 Å². The fourth-order valence-electron chi connectivity index (χ4n) is 2.28. The third-order valence-corrected chi connectivity index (χ3v) is 4.70. The Bertz CT molecular complexity index is 749. The molecule has 2 aromatic carbocycles. The number of carbonyl (C=O) groups excluding carboxylic acids is 1. The van der Waals surface area contributed by atoms with Crippen LogP contribution in [0.15, 0.2) is 42.5 Å². The Morgan fingerprint density at radius 2 is 1.96 bits per heavy atom. The number of rotatable bonds is 7. The molecule has 128 valence electrons. The van der Waals surface area contributed by atoms with Crippen LogP contribution in [-0.4, -0.2) is 23.0 Å². The van der Waals surface area contributed by atoms with Gasteiger partial charge in [-0.25, -0.2) is 4.39 Å². The van der Waals surface area contributed by atoms with Gasteiger partial charge in [0, 0.05) is 28.5 Å². The predicted octanol–water partition coefficient (Wildman–Crippen LogP) is 2.71. The highest BCUT2D eigenvalue weighted by Gasteiger charge is 2.12. The summed E-state index contributed by atoms with van der Waals surface area (Å²) in [4.78, 5) is 11.9. The number of amides is 1. The second kappa shape index (κ2) is 8.59. The predicted molar refractivity (Wildman–Crippen MR) is 92.7 cm³/mol. The third kappa shape index (κ3) is 5.16. The molecule has 0 saturated heterocycles. The standard InChI is InChI=1S/C18H20FNO3S/c1-13-7-8-17(23-2)15(9-13)11-24(22)12-18(21)20-10-14-5-3-4-6-16(14)19/h3-9H,10-12H2,1-2H3,(H,20,21)/t24-/m0/s1. The molecule has 1 N–H and O–H groups in total. The van der Waals surface area contributed by atoms with Gasteiger partial charge >= 0.3 is 0 Å². The molecule has 0 fully saturated rings. The van der Waals surface area contributed by atoms with E-state index in [0.29, 0.717) is 11.3 Å². The fourth-order valence-corrected chi connectivity index (χ4v) is 3.35. The smallest absolute Gasteiger partial charge is 0.232 e. The Hall–Kier alpha value is -2.21. The lowest BCUT2D eigenvalue weighted by molar-refractivity contribution is -0.118. The van der Waals surface area contributed by atoms with E-state index in [2.05, 4.69) is 5.32 Å². The average Bonchev–Trinajstić information content (AvgIpc) is 2.54. The monoisotopic (exact) mass is 349 g/mol. The van der Waals surface area contributed by atoms with Crippen LogP contribution in [0.5, 0.6) is 5.75 Å². The summed E-state index contributed by atoms with van der Waals surface area (Å²) < 4.78 is 30.9. The molecule has 0 spiro atoms. The summed E-state index contributed by atoms with van der Waals surface area (Å²) >= 11 is 0. The highest BCUT2D eigenvalue weighted by molar-refractivity contribution is 7.84. The molecule has 2 rings (SSSR count). The number of hydrogen-bond donors (Lipinski definition) is 1. The lowest BCUT2D eigenvalue weighted by atomic mass is 10.1. The van der Waals surface area contributed by atoms with Crippen molar-refractivity contribution in [1.82, 2.24) is 5.32 Å². The molecule has 0 bridgehead atoms. The Kier molecular flexibility index (Phi) is 6.49. The number of aryl methyl sites for hydroxylation is 1. The third-order valence-electron chi connectivity index (χ3n) is 3.48. The van der Waals surface area contributed by atoms with Crippen LogP contribution >= 0.6 is 0 Å². The number of benzene rings is 2. The van der Waals surface area contributed by atoms with Gasteiger partial charge in [0.05, 0.1) is 12.9 Å². The molecule has 0 aromatic heterocycles. The van der Waals surface area contributed by atoms with E-state index < -0.39 is 10.8 Å². The molecule has 4 nitrogen and oxygen atoms in total. The van der Waals surface area contributed by atoms with Crippen LogP contribution in [0.2, 0.25) is 0 Å². The number of halogens is 1. The maximum absolute atomic E-state index is 13.5. The number of ether oxygens (including phenoxy) is 1. The SMILES string of the molecule is COc1ccc(C)cc1C[S@](=O)CC(=O)NCc1ccccc1F. The van der Waals surface area contributed by atoms with Crippen LogP contribution in [0.25, 0.3) is 0 Å². The molecule has 0 aliphatic rings. The van der Waals surface area contributed by atoms with E-state index in [4.69, 9.17) is 4.74 Å². The Balaban J connectivity index is 1.89. The normalized spacial score (nSPS) is 11.8. The average molecular weight is 349 g/mol. The summed E-state index contributed by atoms with van der Waals surface area (Å²) in [5.74, 6) is 0.0103. The van der Waals surface area contributed by atoms with E-state index in [1.165, 1.54) is 6.07 Å². The van der Waals surface area contributed by atoms with Crippen molar-refractivity contribution in [3.05, 3.63) is 65.0 Å². The molecule has 2 aromatic rings. The van der Waals surface area contributed by atoms with E-state index in [9.17, 15) is 13.4 Å². The zero-order valence-electron chi connectivity index (χ0n) is 13.7. The van der Waals surface area contributed by atoms with Gasteiger partial charge in [-0.05, 0) is 19.1 Å². The zero-order valence-corrected chi connectivity index (χ0v) is 14.5. The van der Waals surface area contributed by atoms with E-state index in [1.807, 2.05) is 25.1 Å². The minimum Gasteiger partial charge on any atom is -0.496 e. The molecule has 6 heteroatoms.